The maximum absolute atomic E-state index is 15.6. The molecule has 0 spiro atoms. The third-order valence-electron chi connectivity index (χ3n) is 8.36. The molecule has 2 aliphatic rings. The molecule has 1 N–H and O–H groups in total. The number of aryl methyl sites for hydroxylation is 2. The van der Waals surface area contributed by atoms with E-state index in [-0.39, 0.29) is 42.3 Å². The number of nitrogens with zero attached hydrogens (tertiary/aromatic N) is 4. The van der Waals surface area contributed by atoms with Crippen LogP contribution in [0.5, 0.6) is 0 Å². The quantitative estimate of drug-likeness (QED) is 0.249. The third kappa shape index (κ3) is 6.29. The van der Waals surface area contributed by atoms with Crippen molar-refractivity contribution in [3.63, 3.8) is 0 Å². The Morgan fingerprint density at radius 3 is 2.50 bits per heavy atom. The molecule has 0 aliphatic carbocycles. The van der Waals surface area contributed by atoms with Gasteiger partial charge >= 0.3 is 6.09 Å². The molecule has 2 aromatic carbocycles. The van der Waals surface area contributed by atoms with Crippen LogP contribution in [-0.2, 0) is 22.4 Å². The number of carbonyl (C=O) groups is 1. The first-order chi connectivity index (χ1) is 19.2. The molecule has 40 heavy (non-hydrogen) atoms. The molecule has 5 rings (SSSR count). The molecule has 2 fully saturated rings. The Morgan fingerprint density at radius 1 is 1.10 bits per heavy atom. The molecule has 5 atom stereocenters. The zero-order valence-corrected chi connectivity index (χ0v) is 24.4. The van der Waals surface area contributed by atoms with Crippen molar-refractivity contribution in [3.8, 4) is 0 Å². The Bertz CT molecular complexity index is 1270. The van der Waals surface area contributed by atoms with E-state index in [9.17, 15) is 9.90 Å². The summed E-state index contributed by atoms with van der Waals surface area (Å²) in [5.74, 6) is -0.108. The van der Waals surface area contributed by atoms with Crippen LogP contribution in [0.1, 0.15) is 42.5 Å². The predicted octanol–water partition coefficient (Wildman–Crippen LogP) is 5.33. The number of cyclic esters (lactones) is 1. The molecule has 10 heteroatoms. The van der Waals surface area contributed by atoms with Gasteiger partial charge in [-0.3, -0.25) is 9.58 Å². The van der Waals surface area contributed by atoms with Crippen LogP contribution in [0.4, 0.5) is 14.6 Å². The van der Waals surface area contributed by atoms with Crippen molar-refractivity contribution in [2.45, 2.75) is 69.5 Å². The fourth-order valence-corrected chi connectivity index (χ4v) is 8.92. The number of hydrogen-bond acceptors (Lipinski definition) is 6. The van der Waals surface area contributed by atoms with E-state index in [2.05, 4.69) is 17.2 Å². The Labute approximate surface area is 236 Å². The van der Waals surface area contributed by atoms with Crippen LogP contribution in [0.2, 0.25) is 18.6 Å². The number of halogens is 1. The molecule has 0 saturated carbocycles. The van der Waals surface area contributed by atoms with Crippen LogP contribution < -0.4 is 4.90 Å². The topological polar surface area (TPSA) is 89.7 Å². The number of ether oxygens (including phenoxy) is 2. The number of benzene rings is 2. The fraction of sp³-hybridized carbons (Fsp3) is 0.500. The molecule has 3 aromatic rings. The average molecular weight is 567 g/mol. The van der Waals surface area contributed by atoms with Crippen molar-refractivity contribution in [1.29, 1.82) is 0 Å². The summed E-state index contributed by atoms with van der Waals surface area (Å²) in [6.07, 6.45) is 3.67. The molecule has 2 saturated heterocycles. The van der Waals surface area contributed by atoms with Gasteiger partial charge in [0, 0.05) is 24.0 Å². The number of amides is 1. The highest BCUT2D eigenvalue weighted by atomic mass is 28.4. The molecular weight excluding hydrogens is 527 g/mol. The molecule has 1 unspecified atom stereocenters. The molecule has 0 bridgehead atoms. The number of carbonyl (C=O) groups excluding carboxylic acids is 1. The maximum Gasteiger partial charge on any atom is 0.414 e. The standard InChI is InChI=1S/C30H39FN4O4Si/c1-21-27(14-11-22-9-12-24(13-10-22)35-17-18-38-30(35)37)39-28(29(21)40(2,3)31)15-16-34-19-26(32-33-34)25(20-36)23-7-5-4-6-8-23/h4-10,12-13,19,21,25,27-29,36H,11,14-18,20H2,1-3H3/t21-,25?,27+,28-,29+/m1/s1. The molecular formula is C30H39FN4O4Si. The Morgan fingerprint density at radius 2 is 1.85 bits per heavy atom. The lowest BCUT2D eigenvalue weighted by atomic mass is 9.95. The van der Waals surface area contributed by atoms with E-state index < -0.39 is 8.41 Å². The summed E-state index contributed by atoms with van der Waals surface area (Å²) in [4.78, 5) is 13.5. The van der Waals surface area contributed by atoms with Gasteiger partial charge in [0.05, 0.1) is 37.0 Å². The number of rotatable bonds is 11. The summed E-state index contributed by atoms with van der Waals surface area (Å²) in [6.45, 7) is 7.22. The molecule has 1 aromatic heterocycles. The first kappa shape index (κ1) is 28.4. The first-order valence-corrected chi connectivity index (χ1v) is 17.1. The molecule has 1 amide bonds. The van der Waals surface area contributed by atoms with E-state index in [0.717, 1.165) is 35.3 Å². The van der Waals surface area contributed by atoms with Gasteiger partial charge in [-0.15, -0.1) is 5.10 Å². The summed E-state index contributed by atoms with van der Waals surface area (Å²) in [5.41, 5.74) is 3.62. The van der Waals surface area contributed by atoms with Crippen LogP contribution in [0.25, 0.3) is 0 Å². The Hall–Kier alpha value is -3.08. The third-order valence-corrected chi connectivity index (χ3v) is 10.8. The van der Waals surface area contributed by atoms with Gasteiger partial charge in [0.25, 0.3) is 0 Å². The number of aromatic nitrogens is 3. The van der Waals surface area contributed by atoms with Gasteiger partial charge in [-0.05, 0) is 61.5 Å². The summed E-state index contributed by atoms with van der Waals surface area (Å²) in [5, 5.41) is 18.6. The van der Waals surface area contributed by atoms with Gasteiger partial charge in [-0.1, -0.05) is 54.6 Å². The van der Waals surface area contributed by atoms with E-state index in [4.69, 9.17) is 9.47 Å². The van der Waals surface area contributed by atoms with Gasteiger partial charge in [0.15, 0.2) is 0 Å². The smallest absolute Gasteiger partial charge is 0.414 e. The van der Waals surface area contributed by atoms with Gasteiger partial charge < -0.3 is 18.7 Å². The van der Waals surface area contributed by atoms with E-state index in [0.29, 0.717) is 26.1 Å². The van der Waals surface area contributed by atoms with Crippen LogP contribution >= 0.6 is 0 Å². The summed E-state index contributed by atoms with van der Waals surface area (Å²) >= 11 is 0. The summed E-state index contributed by atoms with van der Waals surface area (Å²) in [7, 11) is -2.98. The zero-order valence-electron chi connectivity index (χ0n) is 23.4. The van der Waals surface area contributed by atoms with Crippen molar-refractivity contribution >= 4 is 20.2 Å². The van der Waals surface area contributed by atoms with Gasteiger partial charge in [0.2, 0.25) is 8.41 Å². The lowest BCUT2D eigenvalue weighted by molar-refractivity contribution is 0.0247. The number of aliphatic hydroxyl groups excluding tert-OH is 1. The highest BCUT2D eigenvalue weighted by Gasteiger charge is 2.50. The highest BCUT2D eigenvalue weighted by molar-refractivity contribution is 6.72. The molecule has 3 heterocycles. The van der Waals surface area contributed by atoms with Gasteiger partial charge in [-0.25, -0.2) is 4.79 Å². The number of anilines is 1. The lowest BCUT2D eigenvalue weighted by Crippen LogP contribution is -2.36. The summed E-state index contributed by atoms with van der Waals surface area (Å²) < 4.78 is 28.9. The zero-order chi connectivity index (χ0) is 28.3. The average Bonchev–Trinajstić information content (AvgIpc) is 3.66. The first-order valence-electron chi connectivity index (χ1n) is 14.2. The Balaban J connectivity index is 1.20. The Kier molecular flexibility index (Phi) is 8.67. The van der Waals surface area contributed by atoms with Crippen molar-refractivity contribution in [2.75, 3.05) is 24.7 Å². The van der Waals surface area contributed by atoms with E-state index >= 15 is 4.11 Å². The van der Waals surface area contributed by atoms with Gasteiger partial charge in [-0.2, -0.15) is 0 Å². The minimum atomic E-state index is -2.98. The van der Waals surface area contributed by atoms with Crippen LogP contribution in [0.3, 0.4) is 0 Å². The SMILES string of the molecule is C[C@H]1[C@H]([Si](C)(C)F)[C@@H](CCn2cc(C(CO)c3ccccc3)nn2)O[C@H]1CCc1ccc(N2CCOC2=O)cc1. The monoisotopic (exact) mass is 566 g/mol. The largest absolute Gasteiger partial charge is 0.447 e. The van der Waals surface area contributed by atoms with E-state index in [1.165, 1.54) is 0 Å². The van der Waals surface area contributed by atoms with E-state index in [1.807, 2.05) is 60.8 Å². The second-order valence-electron chi connectivity index (χ2n) is 11.5. The van der Waals surface area contributed by atoms with Crippen LogP contribution in [-0.4, -0.2) is 66.6 Å². The molecule has 8 nitrogen and oxygen atoms in total. The molecule has 2 aliphatic heterocycles. The molecule has 0 radical (unpaired) electrons. The number of hydrogen-bond donors (Lipinski definition) is 1. The predicted molar refractivity (Wildman–Crippen MR) is 154 cm³/mol. The minimum Gasteiger partial charge on any atom is -0.447 e. The van der Waals surface area contributed by atoms with Crippen LogP contribution in [0, 0.1) is 5.92 Å². The van der Waals surface area contributed by atoms with E-state index in [1.54, 1.807) is 22.7 Å². The normalized spacial score (nSPS) is 23.9. The highest BCUT2D eigenvalue weighted by Crippen LogP contribution is 2.47. The lowest BCUT2D eigenvalue weighted by Gasteiger charge is -2.28. The minimum absolute atomic E-state index is 0.0195. The molecule has 214 valence electrons. The second-order valence-corrected chi connectivity index (χ2v) is 15.3. The maximum atomic E-state index is 15.6. The summed E-state index contributed by atoms with van der Waals surface area (Å²) in [6, 6.07) is 17.8. The van der Waals surface area contributed by atoms with Crippen molar-refractivity contribution in [3.05, 3.63) is 77.6 Å². The van der Waals surface area contributed by atoms with Crippen molar-refractivity contribution in [1.82, 2.24) is 15.0 Å². The second kappa shape index (κ2) is 12.2. The number of aliphatic hydroxyl groups is 1. The van der Waals surface area contributed by atoms with Crippen LogP contribution in [0.15, 0.2) is 60.8 Å². The fourth-order valence-electron chi connectivity index (χ4n) is 6.32. The van der Waals surface area contributed by atoms with Crippen molar-refractivity contribution < 1.29 is 23.5 Å². The van der Waals surface area contributed by atoms with Crippen molar-refractivity contribution in [2.24, 2.45) is 5.92 Å². The van der Waals surface area contributed by atoms with Gasteiger partial charge in [0.1, 0.15) is 6.61 Å².